The Bertz CT molecular complexity index is 1230. The minimum atomic E-state index is -3.78. The fraction of sp³-hybridized carbons (Fsp3) is 0.333. The van der Waals surface area contributed by atoms with Crippen molar-refractivity contribution in [1.82, 2.24) is 14.3 Å². The van der Waals surface area contributed by atoms with E-state index in [1.54, 1.807) is 45.2 Å². The molecular weight excluding hydrogens is 406 g/mol. The van der Waals surface area contributed by atoms with Gasteiger partial charge < -0.3 is 14.8 Å². The number of hydrogen-bond donors (Lipinski definition) is 2. The number of nitrogens with one attached hydrogen (secondary N) is 1. The maximum atomic E-state index is 13.6. The number of nitrogens with zero attached hydrogens (tertiary/aromatic N) is 2. The Morgan fingerprint density at radius 3 is 2.60 bits per heavy atom. The number of hydrogen-bond acceptors (Lipinski definition) is 5. The number of fused-ring (bicyclic) bond motifs is 1. The zero-order chi connectivity index (χ0) is 21.6. The highest BCUT2D eigenvalue weighted by molar-refractivity contribution is 7.89. The molecular formula is C21H23N3O5S. The molecule has 30 heavy (non-hydrogen) atoms. The van der Waals surface area contributed by atoms with Crippen molar-refractivity contribution in [1.29, 1.82) is 0 Å². The van der Waals surface area contributed by atoms with Gasteiger partial charge in [0.25, 0.3) is 0 Å². The molecule has 0 radical (unpaired) electrons. The maximum Gasteiger partial charge on any atom is 0.337 e. The minimum absolute atomic E-state index is 0.112. The van der Waals surface area contributed by atoms with Crippen molar-refractivity contribution in [3.63, 3.8) is 0 Å². The number of aromatic carboxylic acids is 1. The molecule has 2 aromatic carbocycles. The van der Waals surface area contributed by atoms with Crippen LogP contribution in [0.3, 0.4) is 0 Å². The summed E-state index contributed by atoms with van der Waals surface area (Å²) in [6, 6.07) is 7.79. The molecule has 8 nitrogen and oxygen atoms in total. The summed E-state index contributed by atoms with van der Waals surface area (Å²) in [4.78, 5) is 19.4. The van der Waals surface area contributed by atoms with Crippen LogP contribution in [-0.2, 0) is 10.0 Å². The molecule has 1 aromatic heterocycles. The first-order chi connectivity index (χ1) is 14.2. The van der Waals surface area contributed by atoms with Crippen LogP contribution < -0.4 is 4.74 Å². The summed E-state index contributed by atoms with van der Waals surface area (Å²) in [6.07, 6.45) is 1.30. The molecule has 1 saturated heterocycles. The molecule has 0 amide bonds. The van der Waals surface area contributed by atoms with Gasteiger partial charge in [-0.3, -0.25) is 0 Å². The standard InChI is InChI=1S/C21H23N3O5S/c1-12-10-14(29-3)11-13(2)19(12)30(27,28)24-9-5-8-17(24)20-22-16-7-4-6-15(21(25)26)18(16)23-20/h4,6-7,10-11,17H,5,8-9H2,1-3H3,(H,22,23)(H,25,26). The Morgan fingerprint density at radius 2 is 1.97 bits per heavy atom. The molecule has 1 atom stereocenters. The van der Waals surface area contributed by atoms with Crippen molar-refractivity contribution in [3.05, 3.63) is 52.8 Å². The first-order valence-electron chi connectivity index (χ1n) is 9.63. The summed E-state index contributed by atoms with van der Waals surface area (Å²) < 4.78 is 33.9. The summed E-state index contributed by atoms with van der Waals surface area (Å²) in [6.45, 7) is 3.89. The molecule has 1 unspecified atom stereocenters. The number of imidazole rings is 1. The number of benzene rings is 2. The zero-order valence-corrected chi connectivity index (χ0v) is 17.8. The van der Waals surface area contributed by atoms with Gasteiger partial charge in [0.1, 0.15) is 11.6 Å². The van der Waals surface area contributed by atoms with Crippen LogP contribution in [0, 0.1) is 13.8 Å². The largest absolute Gasteiger partial charge is 0.497 e. The number of aromatic amines is 1. The summed E-state index contributed by atoms with van der Waals surface area (Å²) in [5, 5.41) is 9.43. The zero-order valence-electron chi connectivity index (χ0n) is 17.0. The van der Waals surface area contributed by atoms with Gasteiger partial charge in [0.05, 0.1) is 34.6 Å². The van der Waals surface area contributed by atoms with Crippen LogP contribution in [-0.4, -0.2) is 47.4 Å². The van der Waals surface area contributed by atoms with Crippen LogP contribution in [0.15, 0.2) is 35.2 Å². The second-order valence-corrected chi connectivity index (χ2v) is 9.32. The molecule has 2 heterocycles. The summed E-state index contributed by atoms with van der Waals surface area (Å²) in [5.74, 6) is 0.0141. The first-order valence-corrected chi connectivity index (χ1v) is 11.1. The topological polar surface area (TPSA) is 113 Å². The predicted molar refractivity (Wildman–Crippen MR) is 111 cm³/mol. The van der Waals surface area contributed by atoms with E-state index in [2.05, 4.69) is 9.97 Å². The number of methoxy groups -OCH3 is 1. The molecule has 1 fully saturated rings. The number of sulfonamides is 1. The second-order valence-electron chi connectivity index (χ2n) is 7.49. The smallest absolute Gasteiger partial charge is 0.337 e. The molecule has 9 heteroatoms. The molecule has 0 aliphatic carbocycles. The molecule has 2 N–H and O–H groups in total. The van der Waals surface area contributed by atoms with E-state index >= 15 is 0 Å². The number of aromatic nitrogens is 2. The van der Waals surface area contributed by atoms with Gasteiger partial charge in [-0.2, -0.15) is 4.31 Å². The van der Waals surface area contributed by atoms with Crippen molar-refractivity contribution < 1.29 is 23.1 Å². The lowest BCUT2D eigenvalue weighted by Crippen LogP contribution is -2.32. The minimum Gasteiger partial charge on any atom is -0.497 e. The average Bonchev–Trinajstić information content (AvgIpc) is 3.33. The fourth-order valence-corrected chi connectivity index (χ4v) is 6.32. The number of carboxylic acid groups (broad SMARTS) is 1. The van der Waals surface area contributed by atoms with E-state index in [0.717, 1.165) is 0 Å². The van der Waals surface area contributed by atoms with Gasteiger partial charge in [-0.05, 0) is 62.1 Å². The van der Waals surface area contributed by atoms with Crippen molar-refractivity contribution in [3.8, 4) is 5.75 Å². The molecule has 3 aromatic rings. The third kappa shape index (κ3) is 3.23. The third-order valence-corrected chi connectivity index (χ3v) is 7.74. The van der Waals surface area contributed by atoms with Crippen LogP contribution in [0.2, 0.25) is 0 Å². The maximum absolute atomic E-state index is 13.6. The summed E-state index contributed by atoms with van der Waals surface area (Å²) in [7, 11) is -2.24. The normalized spacial score (nSPS) is 17.5. The van der Waals surface area contributed by atoms with Gasteiger partial charge >= 0.3 is 5.97 Å². The van der Waals surface area contributed by atoms with Crippen molar-refractivity contribution in [2.75, 3.05) is 13.7 Å². The molecule has 1 aliphatic heterocycles. The third-order valence-electron chi connectivity index (χ3n) is 5.52. The predicted octanol–water partition coefficient (Wildman–Crippen LogP) is 3.41. The van der Waals surface area contributed by atoms with Gasteiger partial charge in [0.15, 0.2) is 0 Å². The Kier molecular flexibility index (Phi) is 5.03. The monoisotopic (exact) mass is 429 g/mol. The lowest BCUT2D eigenvalue weighted by molar-refractivity contribution is 0.0699. The van der Waals surface area contributed by atoms with Gasteiger partial charge in [-0.15, -0.1) is 0 Å². The number of para-hydroxylation sites is 1. The first kappa shape index (κ1) is 20.4. The SMILES string of the molecule is COc1cc(C)c(S(=O)(=O)N2CCCC2c2nc3cccc(C(=O)O)c3[nH]2)c(C)c1. The molecule has 0 saturated carbocycles. The highest BCUT2D eigenvalue weighted by atomic mass is 32.2. The molecule has 1 aliphatic rings. The van der Waals surface area contributed by atoms with Crippen LogP contribution in [0.25, 0.3) is 11.0 Å². The van der Waals surface area contributed by atoms with Gasteiger partial charge in [-0.25, -0.2) is 18.2 Å². The molecule has 0 spiro atoms. The lowest BCUT2D eigenvalue weighted by Gasteiger charge is -2.24. The van der Waals surface area contributed by atoms with Crippen LogP contribution in [0.5, 0.6) is 5.75 Å². The number of ether oxygens (including phenoxy) is 1. The van der Waals surface area contributed by atoms with Crippen LogP contribution in [0.4, 0.5) is 0 Å². The van der Waals surface area contributed by atoms with Gasteiger partial charge in [0, 0.05) is 6.54 Å². The molecule has 0 bridgehead atoms. The van der Waals surface area contributed by atoms with E-state index < -0.39 is 22.0 Å². The summed E-state index contributed by atoms with van der Waals surface area (Å²) in [5.41, 5.74) is 2.26. The highest BCUT2D eigenvalue weighted by Crippen LogP contribution is 2.38. The number of rotatable bonds is 5. The summed E-state index contributed by atoms with van der Waals surface area (Å²) >= 11 is 0. The quantitative estimate of drug-likeness (QED) is 0.643. The van der Waals surface area contributed by atoms with Crippen molar-refractivity contribution >= 4 is 27.0 Å². The molecule has 158 valence electrons. The Hall–Kier alpha value is -2.91. The van der Waals surface area contributed by atoms with E-state index in [1.807, 2.05) is 0 Å². The Labute approximate surface area is 174 Å². The number of H-pyrrole nitrogens is 1. The second kappa shape index (κ2) is 7.41. The van der Waals surface area contributed by atoms with E-state index in [-0.39, 0.29) is 10.5 Å². The van der Waals surface area contributed by atoms with E-state index in [4.69, 9.17) is 4.74 Å². The van der Waals surface area contributed by atoms with Gasteiger partial charge in [0.2, 0.25) is 10.0 Å². The average molecular weight is 429 g/mol. The highest BCUT2D eigenvalue weighted by Gasteiger charge is 2.39. The Balaban J connectivity index is 1.79. The van der Waals surface area contributed by atoms with E-state index in [1.165, 1.54) is 10.4 Å². The Morgan fingerprint density at radius 1 is 1.27 bits per heavy atom. The van der Waals surface area contributed by atoms with Crippen LogP contribution in [0.1, 0.15) is 46.2 Å². The number of carbonyl (C=O) groups is 1. The lowest BCUT2D eigenvalue weighted by atomic mass is 10.1. The number of carboxylic acids is 1. The fourth-order valence-electron chi connectivity index (χ4n) is 4.24. The van der Waals surface area contributed by atoms with E-state index in [9.17, 15) is 18.3 Å². The molecule has 4 rings (SSSR count). The van der Waals surface area contributed by atoms with E-state index in [0.29, 0.717) is 53.1 Å². The number of aryl methyl sites for hydroxylation is 2. The van der Waals surface area contributed by atoms with Crippen molar-refractivity contribution in [2.24, 2.45) is 0 Å². The van der Waals surface area contributed by atoms with Crippen molar-refractivity contribution in [2.45, 2.75) is 37.6 Å². The van der Waals surface area contributed by atoms with Gasteiger partial charge in [-0.1, -0.05) is 6.07 Å². The van der Waals surface area contributed by atoms with Crippen LogP contribution >= 0.6 is 0 Å².